The van der Waals surface area contributed by atoms with Gasteiger partial charge in [0, 0.05) is 32.7 Å². The number of amides is 1. The molecule has 2 aliphatic rings. The fourth-order valence-corrected chi connectivity index (χ4v) is 3.77. The van der Waals surface area contributed by atoms with Gasteiger partial charge in [-0.25, -0.2) is 4.79 Å². The molecule has 2 heterocycles. The molecule has 3 N–H and O–H groups in total. The SMILES string of the molecule is CN[C@H]1CCN(CC2=C(C(=O)O)N(C)C(=O)C([C@@H](C)O)[C@H]2C)C1. The van der Waals surface area contributed by atoms with Gasteiger partial charge in [0.2, 0.25) is 5.91 Å². The molecule has 1 fully saturated rings. The average molecular weight is 325 g/mol. The van der Waals surface area contributed by atoms with Crippen molar-refractivity contribution in [2.45, 2.75) is 32.4 Å². The summed E-state index contributed by atoms with van der Waals surface area (Å²) in [5.41, 5.74) is 0.787. The number of aliphatic hydroxyl groups is 1. The van der Waals surface area contributed by atoms with Gasteiger partial charge in [-0.2, -0.15) is 0 Å². The minimum absolute atomic E-state index is 0.0623. The van der Waals surface area contributed by atoms with E-state index in [1.54, 1.807) is 6.92 Å². The van der Waals surface area contributed by atoms with Gasteiger partial charge in [-0.3, -0.25) is 9.69 Å². The van der Waals surface area contributed by atoms with E-state index in [0.717, 1.165) is 25.1 Å². The van der Waals surface area contributed by atoms with Gasteiger partial charge in [0.05, 0.1) is 12.0 Å². The van der Waals surface area contributed by atoms with E-state index in [1.165, 1.54) is 11.9 Å². The van der Waals surface area contributed by atoms with E-state index in [9.17, 15) is 19.8 Å². The van der Waals surface area contributed by atoms with Crippen molar-refractivity contribution in [1.29, 1.82) is 0 Å². The fraction of sp³-hybridized carbons (Fsp3) is 0.750. The Morgan fingerprint density at radius 2 is 2.13 bits per heavy atom. The van der Waals surface area contributed by atoms with E-state index >= 15 is 0 Å². The van der Waals surface area contributed by atoms with Gasteiger partial charge < -0.3 is 20.4 Å². The van der Waals surface area contributed by atoms with Gasteiger partial charge in [0.15, 0.2) is 0 Å². The number of hydrogen-bond donors (Lipinski definition) is 3. The summed E-state index contributed by atoms with van der Waals surface area (Å²) in [6, 6.07) is 0.412. The number of nitrogens with zero attached hydrogens (tertiary/aromatic N) is 2. The number of carbonyl (C=O) groups excluding carboxylic acids is 1. The third-order valence-electron chi connectivity index (χ3n) is 5.14. The Morgan fingerprint density at radius 1 is 1.48 bits per heavy atom. The normalized spacial score (nSPS) is 30.9. The highest BCUT2D eigenvalue weighted by Crippen LogP contribution is 2.35. The number of carbonyl (C=O) groups is 2. The predicted octanol–water partition coefficient (Wildman–Crippen LogP) is -0.276. The van der Waals surface area contributed by atoms with E-state index < -0.39 is 18.0 Å². The molecule has 2 aliphatic heterocycles. The first kappa shape index (κ1) is 17.9. The number of hydrogen-bond acceptors (Lipinski definition) is 5. The molecule has 7 nitrogen and oxygen atoms in total. The van der Waals surface area contributed by atoms with Crippen LogP contribution in [0.4, 0.5) is 0 Å². The Kier molecular flexibility index (Phi) is 5.44. The second kappa shape index (κ2) is 6.98. The summed E-state index contributed by atoms with van der Waals surface area (Å²) in [5, 5.41) is 22.8. The molecule has 2 rings (SSSR count). The lowest BCUT2D eigenvalue weighted by molar-refractivity contribution is -0.145. The first-order valence-electron chi connectivity index (χ1n) is 8.09. The van der Waals surface area contributed by atoms with E-state index in [-0.39, 0.29) is 17.5 Å². The van der Waals surface area contributed by atoms with Crippen molar-refractivity contribution >= 4 is 11.9 Å². The maximum Gasteiger partial charge on any atom is 0.352 e. The van der Waals surface area contributed by atoms with Crippen molar-refractivity contribution in [3.05, 3.63) is 11.3 Å². The van der Waals surface area contributed by atoms with Crippen LogP contribution in [0.3, 0.4) is 0 Å². The van der Waals surface area contributed by atoms with E-state index in [2.05, 4.69) is 10.2 Å². The number of aliphatic carboxylic acids is 1. The summed E-state index contributed by atoms with van der Waals surface area (Å²) in [4.78, 5) is 27.5. The zero-order chi connectivity index (χ0) is 17.3. The average Bonchev–Trinajstić information content (AvgIpc) is 2.92. The first-order chi connectivity index (χ1) is 10.8. The van der Waals surface area contributed by atoms with Crippen LogP contribution in [-0.4, -0.2) is 77.8 Å². The molecule has 7 heteroatoms. The van der Waals surface area contributed by atoms with Crippen LogP contribution in [0.15, 0.2) is 11.3 Å². The van der Waals surface area contributed by atoms with Gasteiger partial charge in [0.25, 0.3) is 0 Å². The third kappa shape index (κ3) is 3.41. The Balaban J connectivity index is 2.33. The summed E-state index contributed by atoms with van der Waals surface area (Å²) >= 11 is 0. The van der Waals surface area contributed by atoms with E-state index in [4.69, 9.17) is 0 Å². The minimum Gasteiger partial charge on any atom is -0.477 e. The summed E-state index contributed by atoms with van der Waals surface area (Å²) in [6.07, 6.45) is 0.212. The molecule has 0 aliphatic carbocycles. The molecule has 0 aromatic carbocycles. The van der Waals surface area contributed by atoms with Gasteiger partial charge in [-0.1, -0.05) is 6.92 Å². The van der Waals surface area contributed by atoms with Crippen molar-refractivity contribution in [2.24, 2.45) is 11.8 Å². The van der Waals surface area contributed by atoms with Crippen LogP contribution in [-0.2, 0) is 9.59 Å². The molecule has 0 aromatic heterocycles. The molecule has 0 bridgehead atoms. The number of rotatable bonds is 5. The van der Waals surface area contributed by atoms with Crippen molar-refractivity contribution in [2.75, 3.05) is 33.7 Å². The summed E-state index contributed by atoms with van der Waals surface area (Å²) in [6.45, 7) is 5.69. The van der Waals surface area contributed by atoms with Crippen LogP contribution >= 0.6 is 0 Å². The lowest BCUT2D eigenvalue weighted by Crippen LogP contribution is -2.49. The molecule has 0 aromatic rings. The van der Waals surface area contributed by atoms with Crippen molar-refractivity contribution in [3.63, 3.8) is 0 Å². The van der Waals surface area contributed by atoms with Gasteiger partial charge in [0.1, 0.15) is 5.70 Å². The van der Waals surface area contributed by atoms with Crippen molar-refractivity contribution in [3.8, 4) is 0 Å². The highest BCUT2D eigenvalue weighted by atomic mass is 16.4. The second-order valence-corrected chi connectivity index (χ2v) is 6.64. The molecule has 4 atom stereocenters. The fourth-order valence-electron chi connectivity index (χ4n) is 3.77. The molecule has 1 amide bonds. The smallest absolute Gasteiger partial charge is 0.352 e. The van der Waals surface area contributed by atoms with Crippen LogP contribution in [0, 0.1) is 11.8 Å². The van der Waals surface area contributed by atoms with E-state index in [0.29, 0.717) is 12.6 Å². The molecule has 0 saturated carbocycles. The number of likely N-dealkylation sites (tertiary alicyclic amines) is 1. The Labute approximate surface area is 136 Å². The number of carboxylic acid groups (broad SMARTS) is 1. The minimum atomic E-state index is -1.09. The number of nitrogens with one attached hydrogen (secondary N) is 1. The zero-order valence-corrected chi connectivity index (χ0v) is 14.2. The van der Waals surface area contributed by atoms with Crippen LogP contribution < -0.4 is 5.32 Å². The lowest BCUT2D eigenvalue weighted by atomic mass is 9.78. The highest BCUT2D eigenvalue weighted by Gasteiger charge is 2.43. The molecular weight excluding hydrogens is 298 g/mol. The van der Waals surface area contributed by atoms with Crippen molar-refractivity contribution in [1.82, 2.24) is 15.1 Å². The maximum atomic E-state index is 12.4. The molecule has 130 valence electrons. The van der Waals surface area contributed by atoms with Gasteiger partial charge in [-0.05, 0) is 31.9 Å². The predicted molar refractivity (Wildman–Crippen MR) is 85.7 cm³/mol. The Morgan fingerprint density at radius 3 is 2.61 bits per heavy atom. The largest absolute Gasteiger partial charge is 0.477 e. The molecule has 0 spiro atoms. The highest BCUT2D eigenvalue weighted by molar-refractivity contribution is 5.96. The first-order valence-corrected chi connectivity index (χ1v) is 8.09. The standard InChI is InChI=1S/C16H27N3O4/c1-9-12(8-19-6-5-11(7-19)17-3)14(16(22)23)18(4)15(21)13(9)10(2)20/h9-11,13,17,20H,5-8H2,1-4H3,(H,22,23)/t9-,10+,11-,13?/m0/s1. The molecule has 1 unspecified atom stereocenters. The third-order valence-corrected chi connectivity index (χ3v) is 5.14. The Bertz CT molecular complexity index is 517. The van der Waals surface area contributed by atoms with Crippen LogP contribution in [0.1, 0.15) is 20.3 Å². The van der Waals surface area contributed by atoms with E-state index in [1.807, 2.05) is 14.0 Å². The summed E-state index contributed by atoms with van der Waals surface area (Å²) < 4.78 is 0. The second-order valence-electron chi connectivity index (χ2n) is 6.64. The van der Waals surface area contributed by atoms with Gasteiger partial charge in [-0.15, -0.1) is 0 Å². The van der Waals surface area contributed by atoms with Gasteiger partial charge >= 0.3 is 5.97 Å². The maximum absolute atomic E-state index is 12.4. The number of carboxylic acids is 1. The molecule has 1 saturated heterocycles. The number of likely N-dealkylation sites (N-methyl/N-ethyl adjacent to an activating group) is 2. The monoisotopic (exact) mass is 325 g/mol. The Hall–Kier alpha value is -1.44. The number of aliphatic hydroxyl groups excluding tert-OH is 1. The topological polar surface area (TPSA) is 93.1 Å². The quantitative estimate of drug-likeness (QED) is 0.644. The molecule has 0 radical (unpaired) electrons. The van der Waals surface area contributed by atoms with Crippen LogP contribution in [0.2, 0.25) is 0 Å². The summed E-state index contributed by atoms with van der Waals surface area (Å²) in [5.74, 6) is -2.31. The molecule has 23 heavy (non-hydrogen) atoms. The van der Waals surface area contributed by atoms with Crippen LogP contribution in [0.5, 0.6) is 0 Å². The molecular formula is C16H27N3O4. The van der Waals surface area contributed by atoms with Crippen LogP contribution in [0.25, 0.3) is 0 Å². The lowest BCUT2D eigenvalue weighted by Gasteiger charge is -2.39. The summed E-state index contributed by atoms with van der Waals surface area (Å²) in [7, 11) is 3.41. The zero-order valence-electron chi connectivity index (χ0n) is 14.2. The van der Waals surface area contributed by atoms with Crippen molar-refractivity contribution < 1.29 is 19.8 Å².